The zero-order chi connectivity index (χ0) is 17.1. The van der Waals surface area contributed by atoms with Gasteiger partial charge in [-0.2, -0.15) is 0 Å². The summed E-state index contributed by atoms with van der Waals surface area (Å²) in [6.45, 7) is 0. The number of hydrogen-bond donors (Lipinski definition) is 3. The van der Waals surface area contributed by atoms with Crippen molar-refractivity contribution in [2.24, 2.45) is 5.73 Å². The van der Waals surface area contributed by atoms with Crippen molar-refractivity contribution in [3.63, 3.8) is 0 Å². The van der Waals surface area contributed by atoms with Crippen LogP contribution in [0.2, 0.25) is 5.02 Å². The Labute approximate surface area is 143 Å². The number of halogens is 1. The maximum atomic E-state index is 12.4. The molecule has 1 atom stereocenters. The van der Waals surface area contributed by atoms with Crippen molar-refractivity contribution in [2.45, 2.75) is 12.5 Å². The summed E-state index contributed by atoms with van der Waals surface area (Å²) in [4.78, 5) is 27.3. The average molecular weight is 342 g/mol. The van der Waals surface area contributed by atoms with Gasteiger partial charge in [0.25, 0.3) is 5.91 Å². The predicted octanol–water partition coefficient (Wildman–Crippen LogP) is 2.65. The van der Waals surface area contributed by atoms with E-state index in [4.69, 9.17) is 17.3 Å². The van der Waals surface area contributed by atoms with Gasteiger partial charge in [0, 0.05) is 23.5 Å². The van der Waals surface area contributed by atoms with Crippen LogP contribution in [-0.4, -0.2) is 22.8 Å². The molecular weight excluding hydrogens is 326 g/mol. The lowest BCUT2D eigenvalue weighted by molar-refractivity contribution is -0.119. The fourth-order valence-corrected chi connectivity index (χ4v) is 2.85. The van der Waals surface area contributed by atoms with Crippen LogP contribution in [0, 0.1) is 0 Å². The number of fused-ring (bicyclic) bond motifs is 1. The Balaban J connectivity index is 1.82. The first kappa shape index (κ1) is 16.1. The Morgan fingerprint density at radius 2 is 1.83 bits per heavy atom. The second kappa shape index (κ2) is 6.76. The summed E-state index contributed by atoms with van der Waals surface area (Å²) in [6.07, 6.45) is 2.12. The van der Waals surface area contributed by atoms with E-state index in [-0.39, 0.29) is 0 Å². The maximum Gasteiger partial charge on any atom is 0.253 e. The lowest BCUT2D eigenvalue weighted by Crippen LogP contribution is -2.45. The highest BCUT2D eigenvalue weighted by molar-refractivity contribution is 6.33. The SMILES string of the molecule is NC(=O)[C@H](Cc1c[nH]c2ccccc12)NC(=O)c1ccccc1Cl. The van der Waals surface area contributed by atoms with Crippen LogP contribution in [0.25, 0.3) is 10.9 Å². The molecule has 0 fully saturated rings. The van der Waals surface area contributed by atoms with Gasteiger partial charge in [0.05, 0.1) is 10.6 Å². The number of nitrogens with two attached hydrogens (primary N) is 1. The molecular formula is C18H16ClN3O2. The predicted molar refractivity (Wildman–Crippen MR) is 93.9 cm³/mol. The van der Waals surface area contributed by atoms with Crippen molar-refractivity contribution in [3.05, 3.63) is 70.9 Å². The summed E-state index contributed by atoms with van der Waals surface area (Å²) in [7, 11) is 0. The van der Waals surface area contributed by atoms with E-state index in [0.717, 1.165) is 16.5 Å². The van der Waals surface area contributed by atoms with E-state index < -0.39 is 17.9 Å². The summed E-state index contributed by atoms with van der Waals surface area (Å²) in [5.41, 5.74) is 7.65. The minimum absolute atomic E-state index is 0.301. The molecule has 0 saturated carbocycles. The Morgan fingerprint density at radius 1 is 1.12 bits per heavy atom. The number of benzene rings is 2. The summed E-state index contributed by atoms with van der Waals surface area (Å²) >= 11 is 6.02. The number of aromatic amines is 1. The molecule has 122 valence electrons. The molecule has 0 saturated heterocycles. The van der Waals surface area contributed by atoms with Crippen LogP contribution in [0.4, 0.5) is 0 Å². The van der Waals surface area contributed by atoms with E-state index in [9.17, 15) is 9.59 Å². The van der Waals surface area contributed by atoms with Gasteiger partial charge in [-0.15, -0.1) is 0 Å². The van der Waals surface area contributed by atoms with E-state index in [2.05, 4.69) is 10.3 Å². The van der Waals surface area contributed by atoms with Crippen molar-refractivity contribution < 1.29 is 9.59 Å². The molecule has 24 heavy (non-hydrogen) atoms. The van der Waals surface area contributed by atoms with E-state index in [0.29, 0.717) is 17.0 Å². The summed E-state index contributed by atoms with van der Waals surface area (Å²) in [5, 5.41) is 3.99. The van der Waals surface area contributed by atoms with Crippen LogP contribution >= 0.6 is 11.6 Å². The zero-order valence-corrected chi connectivity index (χ0v) is 13.5. The molecule has 0 radical (unpaired) electrons. The third kappa shape index (κ3) is 3.26. The molecule has 5 nitrogen and oxygen atoms in total. The molecule has 3 aromatic rings. The van der Waals surface area contributed by atoms with Gasteiger partial charge in [-0.25, -0.2) is 0 Å². The first-order valence-corrected chi connectivity index (χ1v) is 7.84. The van der Waals surface area contributed by atoms with Gasteiger partial charge in [0.2, 0.25) is 5.91 Å². The Hall–Kier alpha value is -2.79. The van der Waals surface area contributed by atoms with E-state index in [1.165, 1.54) is 0 Å². The third-order valence-electron chi connectivity index (χ3n) is 3.87. The zero-order valence-electron chi connectivity index (χ0n) is 12.8. The first-order chi connectivity index (χ1) is 11.6. The van der Waals surface area contributed by atoms with Crippen molar-refractivity contribution in [2.75, 3.05) is 0 Å². The lowest BCUT2D eigenvalue weighted by atomic mass is 10.0. The number of hydrogen-bond acceptors (Lipinski definition) is 2. The molecule has 0 unspecified atom stereocenters. The minimum Gasteiger partial charge on any atom is -0.368 e. The number of rotatable bonds is 5. The molecule has 2 amide bonds. The number of nitrogens with one attached hydrogen (secondary N) is 2. The molecule has 2 aromatic carbocycles. The van der Waals surface area contributed by atoms with Gasteiger partial charge >= 0.3 is 0 Å². The van der Waals surface area contributed by atoms with Gasteiger partial charge < -0.3 is 16.0 Å². The molecule has 0 bridgehead atoms. The summed E-state index contributed by atoms with van der Waals surface area (Å²) < 4.78 is 0. The third-order valence-corrected chi connectivity index (χ3v) is 4.20. The molecule has 0 aliphatic rings. The molecule has 6 heteroatoms. The molecule has 0 aliphatic heterocycles. The molecule has 3 rings (SSSR count). The van der Waals surface area contributed by atoms with Crippen LogP contribution in [-0.2, 0) is 11.2 Å². The second-order valence-electron chi connectivity index (χ2n) is 5.47. The van der Waals surface area contributed by atoms with E-state index in [1.807, 2.05) is 30.5 Å². The molecule has 4 N–H and O–H groups in total. The minimum atomic E-state index is -0.826. The number of H-pyrrole nitrogens is 1. The van der Waals surface area contributed by atoms with E-state index in [1.54, 1.807) is 24.3 Å². The standard InChI is InChI=1S/C18H16ClN3O2/c19-14-7-3-1-6-13(14)18(24)22-16(17(20)23)9-11-10-21-15-8-4-2-5-12(11)15/h1-8,10,16,21H,9H2,(H2,20,23)(H,22,24)/t16-/m0/s1. The number of para-hydroxylation sites is 1. The smallest absolute Gasteiger partial charge is 0.253 e. The second-order valence-corrected chi connectivity index (χ2v) is 5.88. The first-order valence-electron chi connectivity index (χ1n) is 7.46. The Bertz CT molecular complexity index is 904. The highest BCUT2D eigenvalue weighted by Gasteiger charge is 2.21. The number of carbonyl (C=O) groups is 2. The Morgan fingerprint density at radius 3 is 2.58 bits per heavy atom. The van der Waals surface area contributed by atoms with Crippen molar-refractivity contribution in [1.82, 2.24) is 10.3 Å². The summed E-state index contributed by atoms with van der Waals surface area (Å²) in [6, 6.07) is 13.6. The topological polar surface area (TPSA) is 88.0 Å². The quantitative estimate of drug-likeness (QED) is 0.666. The van der Waals surface area contributed by atoms with Gasteiger partial charge in [-0.1, -0.05) is 41.9 Å². The average Bonchev–Trinajstić information content (AvgIpc) is 2.97. The van der Waals surface area contributed by atoms with Gasteiger partial charge in [0.1, 0.15) is 6.04 Å². The van der Waals surface area contributed by atoms with Crippen LogP contribution in [0.1, 0.15) is 15.9 Å². The van der Waals surface area contributed by atoms with E-state index >= 15 is 0 Å². The molecule has 0 aliphatic carbocycles. The van der Waals surface area contributed by atoms with Crippen LogP contribution in [0.5, 0.6) is 0 Å². The number of primary amides is 1. The van der Waals surface area contributed by atoms with Crippen molar-refractivity contribution in [3.8, 4) is 0 Å². The van der Waals surface area contributed by atoms with Crippen LogP contribution < -0.4 is 11.1 Å². The van der Waals surface area contributed by atoms with Crippen LogP contribution in [0.3, 0.4) is 0 Å². The molecule has 1 heterocycles. The van der Waals surface area contributed by atoms with Gasteiger partial charge in [-0.3, -0.25) is 9.59 Å². The van der Waals surface area contributed by atoms with Crippen molar-refractivity contribution >= 4 is 34.3 Å². The van der Waals surface area contributed by atoms with Crippen molar-refractivity contribution in [1.29, 1.82) is 0 Å². The largest absolute Gasteiger partial charge is 0.368 e. The fourth-order valence-electron chi connectivity index (χ4n) is 2.62. The normalized spacial score (nSPS) is 12.0. The van der Waals surface area contributed by atoms with Crippen LogP contribution in [0.15, 0.2) is 54.7 Å². The van der Waals surface area contributed by atoms with Gasteiger partial charge in [0.15, 0.2) is 0 Å². The summed E-state index contributed by atoms with van der Waals surface area (Å²) in [5.74, 6) is -1.02. The highest BCUT2D eigenvalue weighted by Crippen LogP contribution is 2.20. The number of aromatic nitrogens is 1. The van der Waals surface area contributed by atoms with Gasteiger partial charge in [-0.05, 0) is 23.8 Å². The number of carbonyl (C=O) groups excluding carboxylic acids is 2. The molecule has 0 spiro atoms. The maximum absolute atomic E-state index is 12.4. The Kier molecular flexibility index (Phi) is 4.53. The molecule has 1 aromatic heterocycles. The fraction of sp³-hybridized carbons (Fsp3) is 0.111. The monoisotopic (exact) mass is 341 g/mol. The highest BCUT2D eigenvalue weighted by atomic mass is 35.5. The lowest BCUT2D eigenvalue weighted by Gasteiger charge is -2.15. The number of amides is 2.